The molecule has 182 valence electrons. The molecule has 2 heterocycles. The number of fused-ring (bicyclic) bond motifs is 4. The van der Waals surface area contributed by atoms with E-state index in [-0.39, 0.29) is 11.8 Å². The van der Waals surface area contributed by atoms with Crippen molar-refractivity contribution in [3.8, 4) is 11.5 Å². The van der Waals surface area contributed by atoms with Crippen LogP contribution in [0.5, 0.6) is 11.5 Å². The van der Waals surface area contributed by atoms with Gasteiger partial charge in [-0.05, 0) is 68.5 Å². The minimum Gasteiger partial charge on any atom is -0.490 e. The number of ether oxygens (including phenoxy) is 3. The minimum atomic E-state index is -0.507. The zero-order valence-electron chi connectivity index (χ0n) is 20.3. The van der Waals surface area contributed by atoms with Crippen LogP contribution < -0.4 is 14.8 Å². The highest BCUT2D eigenvalue weighted by Crippen LogP contribution is 2.48. The summed E-state index contributed by atoms with van der Waals surface area (Å²) >= 11 is 0. The van der Waals surface area contributed by atoms with Gasteiger partial charge in [-0.2, -0.15) is 0 Å². The number of carbonyl (C=O) groups excluding carboxylic acids is 2. The molecule has 2 aliphatic heterocycles. The van der Waals surface area contributed by atoms with Crippen LogP contribution >= 0.6 is 0 Å². The maximum atomic E-state index is 13.6. The third-order valence-corrected chi connectivity index (χ3v) is 6.44. The standard InChI is InChI=1S/C27H34N2O5/c1-4-32-15-9-13-28-26(30)24-19-10-7-8-11-20(19)27(31)29-14-12-18-16-22(33-5-2)23(34-6-3)17-21(18)25(24)29/h7-8,10-11,16-17,24-25H,4-6,9,12-15H2,1-3H3,(H,28,30)/t24-,25+/m1/s1. The van der Waals surface area contributed by atoms with Crippen molar-refractivity contribution >= 4 is 11.8 Å². The number of nitrogens with one attached hydrogen (secondary N) is 1. The second-order valence-corrected chi connectivity index (χ2v) is 8.46. The van der Waals surface area contributed by atoms with Gasteiger partial charge in [0.2, 0.25) is 5.91 Å². The maximum absolute atomic E-state index is 13.6. The molecule has 0 saturated carbocycles. The fraction of sp³-hybridized carbons (Fsp3) is 0.481. The first kappa shape index (κ1) is 24.1. The van der Waals surface area contributed by atoms with Crippen molar-refractivity contribution in [1.29, 1.82) is 0 Å². The predicted molar refractivity (Wildman–Crippen MR) is 130 cm³/mol. The fourth-order valence-corrected chi connectivity index (χ4v) is 4.99. The van der Waals surface area contributed by atoms with Gasteiger partial charge in [0.1, 0.15) is 0 Å². The van der Waals surface area contributed by atoms with Gasteiger partial charge in [0.25, 0.3) is 5.91 Å². The first-order chi connectivity index (χ1) is 16.6. The summed E-state index contributed by atoms with van der Waals surface area (Å²) < 4.78 is 17.1. The molecule has 4 rings (SSSR count). The topological polar surface area (TPSA) is 77.1 Å². The molecule has 2 aliphatic rings. The molecule has 0 aromatic heterocycles. The Balaban J connectivity index is 1.75. The van der Waals surface area contributed by atoms with Crippen LogP contribution in [0.2, 0.25) is 0 Å². The van der Waals surface area contributed by atoms with E-state index in [1.54, 1.807) is 0 Å². The Labute approximate surface area is 201 Å². The quantitative estimate of drug-likeness (QED) is 0.538. The van der Waals surface area contributed by atoms with Gasteiger partial charge in [0, 0.05) is 31.9 Å². The number of rotatable bonds is 10. The summed E-state index contributed by atoms with van der Waals surface area (Å²) in [5.74, 6) is 0.736. The van der Waals surface area contributed by atoms with Gasteiger partial charge in [0.05, 0.1) is 25.2 Å². The summed E-state index contributed by atoms with van der Waals surface area (Å²) in [6.45, 7) is 9.21. The van der Waals surface area contributed by atoms with E-state index >= 15 is 0 Å². The van der Waals surface area contributed by atoms with Gasteiger partial charge in [-0.1, -0.05) is 18.2 Å². The van der Waals surface area contributed by atoms with Crippen LogP contribution in [-0.2, 0) is 16.0 Å². The zero-order valence-corrected chi connectivity index (χ0v) is 20.3. The number of hydrogen-bond donors (Lipinski definition) is 1. The van der Waals surface area contributed by atoms with Crippen LogP contribution in [0.25, 0.3) is 0 Å². The van der Waals surface area contributed by atoms with Crippen molar-refractivity contribution in [2.75, 3.05) is 39.5 Å². The SMILES string of the molecule is CCOCCCNC(=O)[C@@H]1c2ccccc2C(=O)N2CCc3cc(OCC)c(OCC)cc3[C@@H]12. The number of carbonyl (C=O) groups is 2. The summed E-state index contributed by atoms with van der Waals surface area (Å²) in [5.41, 5.74) is 3.42. The van der Waals surface area contributed by atoms with Crippen molar-refractivity contribution in [3.63, 3.8) is 0 Å². The Kier molecular flexibility index (Phi) is 7.73. The van der Waals surface area contributed by atoms with E-state index in [4.69, 9.17) is 14.2 Å². The normalized spacial score (nSPS) is 18.6. The lowest BCUT2D eigenvalue weighted by Gasteiger charge is -2.45. The van der Waals surface area contributed by atoms with Crippen LogP contribution in [0.1, 0.15) is 66.2 Å². The lowest BCUT2D eigenvalue weighted by Crippen LogP contribution is -2.50. The molecular formula is C27H34N2O5. The highest BCUT2D eigenvalue weighted by Gasteiger charge is 2.46. The molecule has 7 nitrogen and oxygen atoms in total. The van der Waals surface area contributed by atoms with Gasteiger partial charge in [-0.15, -0.1) is 0 Å². The molecule has 2 aromatic carbocycles. The van der Waals surface area contributed by atoms with Crippen LogP contribution in [0.4, 0.5) is 0 Å². The Morgan fingerprint density at radius 3 is 2.50 bits per heavy atom. The molecule has 0 aliphatic carbocycles. The van der Waals surface area contributed by atoms with Crippen LogP contribution in [0.3, 0.4) is 0 Å². The molecule has 0 saturated heterocycles. The van der Waals surface area contributed by atoms with E-state index in [1.165, 1.54) is 0 Å². The molecule has 0 bridgehead atoms. The lowest BCUT2D eigenvalue weighted by atomic mass is 9.75. The minimum absolute atomic E-state index is 0.0292. The van der Waals surface area contributed by atoms with Gasteiger partial charge in [-0.25, -0.2) is 0 Å². The van der Waals surface area contributed by atoms with E-state index in [9.17, 15) is 9.59 Å². The van der Waals surface area contributed by atoms with Crippen molar-refractivity contribution < 1.29 is 23.8 Å². The van der Waals surface area contributed by atoms with Gasteiger partial charge in [-0.3, -0.25) is 9.59 Å². The molecule has 0 unspecified atom stereocenters. The molecular weight excluding hydrogens is 432 g/mol. The van der Waals surface area contributed by atoms with E-state index < -0.39 is 12.0 Å². The highest BCUT2D eigenvalue weighted by atomic mass is 16.5. The van der Waals surface area contributed by atoms with E-state index in [0.717, 1.165) is 23.1 Å². The second kappa shape index (κ2) is 10.9. The molecule has 2 atom stereocenters. The van der Waals surface area contributed by atoms with E-state index in [1.807, 2.05) is 62.1 Å². The van der Waals surface area contributed by atoms with Crippen molar-refractivity contribution in [1.82, 2.24) is 10.2 Å². The Bertz CT molecular complexity index is 1040. The first-order valence-corrected chi connectivity index (χ1v) is 12.3. The molecule has 0 spiro atoms. The second-order valence-electron chi connectivity index (χ2n) is 8.46. The fourth-order valence-electron chi connectivity index (χ4n) is 4.99. The van der Waals surface area contributed by atoms with E-state index in [0.29, 0.717) is 63.0 Å². The highest BCUT2D eigenvalue weighted by molar-refractivity contribution is 6.01. The monoisotopic (exact) mass is 466 g/mol. The van der Waals surface area contributed by atoms with Crippen molar-refractivity contribution in [2.45, 2.75) is 45.6 Å². The number of benzene rings is 2. The number of hydrogen-bond acceptors (Lipinski definition) is 5. The average Bonchev–Trinajstić information content (AvgIpc) is 2.85. The molecule has 2 aromatic rings. The largest absolute Gasteiger partial charge is 0.490 e. The lowest BCUT2D eigenvalue weighted by molar-refractivity contribution is -0.124. The van der Waals surface area contributed by atoms with Crippen LogP contribution in [0, 0.1) is 0 Å². The first-order valence-electron chi connectivity index (χ1n) is 12.3. The van der Waals surface area contributed by atoms with Crippen LogP contribution in [-0.4, -0.2) is 56.2 Å². The van der Waals surface area contributed by atoms with Crippen molar-refractivity contribution in [3.05, 3.63) is 58.7 Å². The van der Waals surface area contributed by atoms with Crippen LogP contribution in [0.15, 0.2) is 36.4 Å². The summed E-state index contributed by atoms with van der Waals surface area (Å²) in [5, 5.41) is 3.09. The Hall–Kier alpha value is -3.06. The average molecular weight is 467 g/mol. The zero-order chi connectivity index (χ0) is 24.1. The molecule has 1 N–H and O–H groups in total. The summed E-state index contributed by atoms with van der Waals surface area (Å²) in [7, 11) is 0. The van der Waals surface area contributed by atoms with Gasteiger partial charge < -0.3 is 24.4 Å². The van der Waals surface area contributed by atoms with Gasteiger partial charge in [0.15, 0.2) is 11.5 Å². The summed E-state index contributed by atoms with van der Waals surface area (Å²) in [6.07, 6.45) is 1.44. The molecule has 7 heteroatoms. The summed E-state index contributed by atoms with van der Waals surface area (Å²) in [4.78, 5) is 28.9. The third kappa shape index (κ3) is 4.62. The van der Waals surface area contributed by atoms with Gasteiger partial charge >= 0.3 is 0 Å². The molecule has 0 radical (unpaired) electrons. The van der Waals surface area contributed by atoms with Crippen molar-refractivity contribution in [2.24, 2.45) is 0 Å². The molecule has 34 heavy (non-hydrogen) atoms. The third-order valence-electron chi connectivity index (χ3n) is 6.44. The van der Waals surface area contributed by atoms with E-state index in [2.05, 4.69) is 5.32 Å². The Morgan fingerprint density at radius 1 is 1.03 bits per heavy atom. The number of nitrogens with zero attached hydrogens (tertiary/aromatic N) is 1. The number of amides is 2. The Morgan fingerprint density at radius 2 is 1.76 bits per heavy atom. The predicted octanol–water partition coefficient (Wildman–Crippen LogP) is 3.86. The summed E-state index contributed by atoms with van der Waals surface area (Å²) in [6, 6.07) is 11.1. The molecule has 0 fully saturated rings. The smallest absolute Gasteiger partial charge is 0.254 e. The molecule has 2 amide bonds. The maximum Gasteiger partial charge on any atom is 0.254 e.